The minimum Gasteiger partial charge on any atom is -0.494 e. The Morgan fingerprint density at radius 3 is 2.18 bits per heavy atom. The molecular weight excluding hydrogens is 354 g/mol. The van der Waals surface area contributed by atoms with E-state index in [4.69, 9.17) is 4.74 Å². The number of carbonyl (C=O) groups excluding carboxylic acids is 2. The van der Waals surface area contributed by atoms with Crippen LogP contribution in [-0.2, 0) is 4.79 Å². The molecule has 6 heteroatoms. The van der Waals surface area contributed by atoms with Gasteiger partial charge >= 0.3 is 0 Å². The first-order chi connectivity index (χ1) is 13.4. The second-order valence-electron chi connectivity index (χ2n) is 6.61. The topological polar surface area (TPSA) is 70.7 Å². The molecule has 0 aromatic heterocycles. The number of anilines is 2. The number of nitrogens with zero attached hydrogens (tertiary/aromatic N) is 1. The third kappa shape index (κ3) is 6.01. The zero-order valence-corrected chi connectivity index (χ0v) is 17.0. The van der Waals surface area contributed by atoms with Gasteiger partial charge in [0.2, 0.25) is 5.91 Å². The van der Waals surface area contributed by atoms with Gasteiger partial charge in [-0.05, 0) is 76.2 Å². The van der Waals surface area contributed by atoms with Gasteiger partial charge in [-0.2, -0.15) is 0 Å². The average Bonchev–Trinajstić information content (AvgIpc) is 2.68. The monoisotopic (exact) mass is 383 g/mol. The number of ether oxygens (including phenoxy) is 1. The van der Waals surface area contributed by atoms with Crippen LogP contribution in [0.25, 0.3) is 0 Å². The third-order valence-electron chi connectivity index (χ3n) is 4.28. The molecular formula is C22H29N3O3. The highest BCUT2D eigenvalue weighted by molar-refractivity contribution is 5.99. The zero-order valence-electron chi connectivity index (χ0n) is 17.0. The molecule has 28 heavy (non-hydrogen) atoms. The summed E-state index contributed by atoms with van der Waals surface area (Å²) < 4.78 is 5.36. The molecule has 6 nitrogen and oxygen atoms in total. The van der Waals surface area contributed by atoms with E-state index in [0.29, 0.717) is 23.9 Å². The largest absolute Gasteiger partial charge is 0.494 e. The highest BCUT2D eigenvalue weighted by Crippen LogP contribution is 2.18. The Balaban J connectivity index is 1.86. The van der Waals surface area contributed by atoms with Gasteiger partial charge in [-0.3, -0.25) is 9.59 Å². The van der Waals surface area contributed by atoms with E-state index < -0.39 is 0 Å². The number of hydrogen-bond donors (Lipinski definition) is 2. The van der Waals surface area contributed by atoms with Crippen molar-refractivity contribution in [2.45, 2.75) is 33.7 Å². The summed E-state index contributed by atoms with van der Waals surface area (Å²) in [6.45, 7) is 9.67. The summed E-state index contributed by atoms with van der Waals surface area (Å²) in [5.41, 5.74) is 2.25. The van der Waals surface area contributed by atoms with Crippen LogP contribution in [0.3, 0.4) is 0 Å². The molecule has 0 aliphatic heterocycles. The molecule has 0 spiro atoms. The Morgan fingerprint density at radius 1 is 1.00 bits per heavy atom. The van der Waals surface area contributed by atoms with Gasteiger partial charge in [0.05, 0.1) is 13.2 Å². The number of benzene rings is 2. The second kappa shape index (κ2) is 10.3. The fourth-order valence-corrected chi connectivity index (χ4v) is 2.92. The van der Waals surface area contributed by atoms with Crippen molar-refractivity contribution in [3.63, 3.8) is 0 Å². The van der Waals surface area contributed by atoms with Crippen LogP contribution in [0.4, 0.5) is 11.4 Å². The second-order valence-corrected chi connectivity index (χ2v) is 6.61. The number of rotatable bonds is 9. The quantitative estimate of drug-likeness (QED) is 0.693. The van der Waals surface area contributed by atoms with E-state index in [9.17, 15) is 9.59 Å². The highest BCUT2D eigenvalue weighted by Gasteiger charge is 2.11. The van der Waals surface area contributed by atoms with E-state index in [1.807, 2.05) is 19.1 Å². The molecule has 0 aliphatic rings. The molecule has 0 saturated carbocycles. The molecule has 0 radical (unpaired) electrons. The van der Waals surface area contributed by atoms with E-state index >= 15 is 0 Å². The summed E-state index contributed by atoms with van der Waals surface area (Å²) >= 11 is 0. The van der Waals surface area contributed by atoms with Crippen LogP contribution >= 0.6 is 0 Å². The fraction of sp³-hybridized carbons (Fsp3) is 0.364. The van der Waals surface area contributed by atoms with Crippen LogP contribution in [0.2, 0.25) is 0 Å². The van der Waals surface area contributed by atoms with Crippen LogP contribution in [0.1, 0.15) is 38.1 Å². The van der Waals surface area contributed by atoms with E-state index in [1.54, 1.807) is 36.4 Å². The van der Waals surface area contributed by atoms with Gasteiger partial charge in [0, 0.05) is 29.5 Å². The Kier molecular flexibility index (Phi) is 7.87. The molecule has 0 heterocycles. The van der Waals surface area contributed by atoms with Crippen LogP contribution in [-0.4, -0.2) is 37.6 Å². The molecule has 2 rings (SSSR count). The summed E-state index contributed by atoms with van der Waals surface area (Å²) in [7, 11) is 0. The third-order valence-corrected chi connectivity index (χ3v) is 4.28. The van der Waals surface area contributed by atoms with E-state index in [2.05, 4.69) is 36.3 Å². The van der Waals surface area contributed by atoms with Crippen molar-refractivity contribution in [1.82, 2.24) is 5.32 Å². The predicted octanol–water partition coefficient (Wildman–Crippen LogP) is 3.69. The van der Waals surface area contributed by atoms with Gasteiger partial charge in [-0.1, -0.05) is 0 Å². The molecule has 2 aromatic carbocycles. The molecule has 2 aromatic rings. The lowest BCUT2D eigenvalue weighted by molar-refractivity contribution is -0.115. The molecule has 0 saturated heterocycles. The molecule has 2 N–H and O–H groups in total. The molecule has 0 bridgehead atoms. The van der Waals surface area contributed by atoms with Crippen molar-refractivity contribution in [3.8, 4) is 5.75 Å². The van der Waals surface area contributed by atoms with Gasteiger partial charge in [0.1, 0.15) is 5.75 Å². The van der Waals surface area contributed by atoms with Crippen molar-refractivity contribution in [1.29, 1.82) is 0 Å². The first kappa shape index (κ1) is 21.3. The Labute approximate surface area is 166 Å². The van der Waals surface area contributed by atoms with E-state index in [0.717, 1.165) is 18.0 Å². The van der Waals surface area contributed by atoms with Crippen molar-refractivity contribution in [3.05, 3.63) is 54.1 Å². The van der Waals surface area contributed by atoms with Crippen molar-refractivity contribution >= 4 is 23.2 Å². The average molecular weight is 383 g/mol. The van der Waals surface area contributed by atoms with Gasteiger partial charge in [0.25, 0.3) is 5.91 Å². The van der Waals surface area contributed by atoms with Crippen LogP contribution in [0, 0.1) is 0 Å². The maximum Gasteiger partial charge on any atom is 0.251 e. The maximum atomic E-state index is 12.3. The lowest BCUT2D eigenvalue weighted by Gasteiger charge is -2.27. The van der Waals surface area contributed by atoms with Crippen molar-refractivity contribution < 1.29 is 14.3 Å². The minimum absolute atomic E-state index is 0.0964. The van der Waals surface area contributed by atoms with Gasteiger partial charge < -0.3 is 20.3 Å². The normalized spacial score (nSPS) is 10.5. The molecule has 0 fully saturated rings. The molecule has 2 amide bonds. The molecule has 150 valence electrons. The van der Waals surface area contributed by atoms with Gasteiger partial charge in [-0.15, -0.1) is 0 Å². The SMILES string of the molecule is CCOc1ccc(NC(=O)CNC(=O)c2ccc(N(CC)C(C)C)cc2)cc1. The van der Waals surface area contributed by atoms with Crippen molar-refractivity contribution in [2.75, 3.05) is 29.9 Å². The lowest BCUT2D eigenvalue weighted by Crippen LogP contribution is -2.33. The fourth-order valence-electron chi connectivity index (χ4n) is 2.92. The molecule has 0 atom stereocenters. The minimum atomic E-state index is -0.286. The summed E-state index contributed by atoms with van der Waals surface area (Å²) in [4.78, 5) is 26.6. The molecule has 0 unspecified atom stereocenters. The number of amides is 2. The Bertz CT molecular complexity index is 771. The first-order valence-corrected chi connectivity index (χ1v) is 9.62. The number of nitrogens with one attached hydrogen (secondary N) is 2. The number of hydrogen-bond acceptors (Lipinski definition) is 4. The summed E-state index contributed by atoms with van der Waals surface area (Å²) in [5, 5.41) is 5.39. The molecule has 0 aliphatic carbocycles. The van der Waals surface area contributed by atoms with E-state index in [-0.39, 0.29) is 18.4 Å². The van der Waals surface area contributed by atoms with E-state index in [1.165, 1.54) is 0 Å². The Morgan fingerprint density at radius 2 is 1.64 bits per heavy atom. The Hall–Kier alpha value is -3.02. The van der Waals surface area contributed by atoms with Gasteiger partial charge in [-0.25, -0.2) is 0 Å². The lowest BCUT2D eigenvalue weighted by atomic mass is 10.1. The summed E-state index contributed by atoms with van der Waals surface area (Å²) in [5.74, 6) is 0.184. The predicted molar refractivity (Wildman–Crippen MR) is 113 cm³/mol. The number of carbonyl (C=O) groups is 2. The first-order valence-electron chi connectivity index (χ1n) is 9.62. The zero-order chi connectivity index (χ0) is 20.5. The summed E-state index contributed by atoms with van der Waals surface area (Å²) in [6.07, 6.45) is 0. The smallest absolute Gasteiger partial charge is 0.251 e. The van der Waals surface area contributed by atoms with Crippen LogP contribution in [0.5, 0.6) is 5.75 Å². The van der Waals surface area contributed by atoms with Crippen molar-refractivity contribution in [2.24, 2.45) is 0 Å². The van der Waals surface area contributed by atoms with Gasteiger partial charge in [0.15, 0.2) is 0 Å². The maximum absolute atomic E-state index is 12.3. The standard InChI is InChI=1S/C22H29N3O3/c1-5-25(16(3)4)19-11-7-17(8-12-19)22(27)23-15-21(26)24-18-9-13-20(14-10-18)28-6-2/h7-14,16H,5-6,15H2,1-4H3,(H,23,27)(H,24,26). The van der Waals surface area contributed by atoms with Crippen LogP contribution in [0.15, 0.2) is 48.5 Å². The summed E-state index contributed by atoms with van der Waals surface area (Å²) in [6, 6.07) is 14.9. The highest BCUT2D eigenvalue weighted by atomic mass is 16.5. The van der Waals surface area contributed by atoms with Crippen LogP contribution < -0.4 is 20.3 Å².